The zero-order valence-electron chi connectivity index (χ0n) is 18.3. The van der Waals surface area contributed by atoms with Crippen molar-refractivity contribution in [1.29, 1.82) is 0 Å². The van der Waals surface area contributed by atoms with E-state index in [4.69, 9.17) is 5.73 Å². The second-order valence-electron chi connectivity index (χ2n) is 8.97. The lowest BCUT2D eigenvalue weighted by molar-refractivity contribution is -0.181. The van der Waals surface area contributed by atoms with Crippen LogP contribution in [0, 0.1) is 17.5 Å². The molecule has 10 heteroatoms. The molecule has 2 aromatic heterocycles. The van der Waals surface area contributed by atoms with Crippen molar-refractivity contribution in [3.8, 4) is 0 Å². The standard InChI is InChI=1S/C22H28F4N4OS/c1-14-4-5-15(12-28-14)20(2,3)30-11-10-21(13-30,9-8-16-6-7-17(23)32-16)18(22(24,25)26)29-19(27)31/h4-7,12,18H,8-11,13H2,1-3H3,(H3,27,29,31)/t18-,21?/m1/s1. The third-order valence-electron chi connectivity index (χ3n) is 6.52. The number of pyridine rings is 1. The van der Waals surface area contributed by atoms with Crippen LogP contribution < -0.4 is 11.1 Å². The minimum Gasteiger partial charge on any atom is -0.352 e. The molecule has 1 aliphatic rings. The molecule has 3 heterocycles. The molecule has 0 aliphatic carbocycles. The van der Waals surface area contributed by atoms with Crippen molar-refractivity contribution in [2.45, 2.75) is 57.8 Å². The number of aromatic nitrogens is 1. The molecule has 3 rings (SSSR count). The van der Waals surface area contributed by atoms with E-state index in [1.165, 1.54) is 6.07 Å². The molecule has 2 amide bonds. The molecular weight excluding hydrogens is 444 g/mol. The van der Waals surface area contributed by atoms with Crippen molar-refractivity contribution in [3.05, 3.63) is 51.7 Å². The molecule has 0 aromatic carbocycles. The van der Waals surface area contributed by atoms with E-state index in [1.54, 1.807) is 12.3 Å². The SMILES string of the molecule is Cc1ccc(C(C)(C)N2CCC(CCc3ccc(F)s3)([C@@H](NC(N)=O)C(F)(F)F)C2)cn1. The minimum absolute atomic E-state index is 0.103. The fraction of sp³-hybridized carbons (Fsp3) is 0.545. The van der Waals surface area contributed by atoms with Crippen molar-refractivity contribution in [2.75, 3.05) is 13.1 Å². The van der Waals surface area contributed by atoms with E-state index in [1.807, 2.05) is 43.1 Å². The number of likely N-dealkylation sites (tertiary alicyclic amines) is 1. The highest BCUT2D eigenvalue weighted by molar-refractivity contribution is 7.10. The second kappa shape index (κ2) is 8.97. The van der Waals surface area contributed by atoms with Crippen LogP contribution in [0.5, 0.6) is 0 Å². The molecular formula is C22H28F4N4OS. The largest absolute Gasteiger partial charge is 0.409 e. The number of halogens is 4. The van der Waals surface area contributed by atoms with Gasteiger partial charge in [0.25, 0.3) is 0 Å². The number of aryl methyl sites for hydroxylation is 2. The summed E-state index contributed by atoms with van der Waals surface area (Å²) < 4.78 is 55.9. The van der Waals surface area contributed by atoms with Gasteiger partial charge in [-0.1, -0.05) is 6.07 Å². The van der Waals surface area contributed by atoms with E-state index in [9.17, 15) is 22.4 Å². The number of nitrogens with one attached hydrogen (secondary N) is 1. The van der Waals surface area contributed by atoms with E-state index in [2.05, 4.69) is 4.98 Å². The minimum atomic E-state index is -4.68. The Morgan fingerprint density at radius 1 is 1.31 bits per heavy atom. The third-order valence-corrected chi connectivity index (χ3v) is 7.45. The van der Waals surface area contributed by atoms with Gasteiger partial charge in [0.15, 0.2) is 5.13 Å². The van der Waals surface area contributed by atoms with Crippen LogP contribution in [-0.4, -0.2) is 41.2 Å². The summed E-state index contributed by atoms with van der Waals surface area (Å²) >= 11 is 0.926. The topological polar surface area (TPSA) is 71.2 Å². The van der Waals surface area contributed by atoms with Crippen LogP contribution in [0.2, 0.25) is 0 Å². The first kappa shape index (κ1) is 24.4. The van der Waals surface area contributed by atoms with Gasteiger partial charge in [0.1, 0.15) is 6.04 Å². The number of nitrogens with two attached hydrogens (primary N) is 1. The molecule has 0 radical (unpaired) electrons. The summed E-state index contributed by atoms with van der Waals surface area (Å²) in [5, 5.41) is 1.59. The number of urea groups is 1. The number of hydrogen-bond donors (Lipinski definition) is 2. The van der Waals surface area contributed by atoms with Crippen LogP contribution in [0.25, 0.3) is 0 Å². The first-order chi connectivity index (χ1) is 14.8. The predicted molar refractivity (Wildman–Crippen MR) is 116 cm³/mol. The van der Waals surface area contributed by atoms with Gasteiger partial charge in [-0.25, -0.2) is 4.79 Å². The number of carbonyl (C=O) groups excluding carboxylic acids is 1. The molecule has 1 unspecified atom stereocenters. The lowest BCUT2D eigenvalue weighted by atomic mass is 9.74. The average Bonchev–Trinajstić information content (AvgIpc) is 3.31. The Balaban J connectivity index is 1.93. The molecule has 32 heavy (non-hydrogen) atoms. The summed E-state index contributed by atoms with van der Waals surface area (Å²) in [7, 11) is 0. The summed E-state index contributed by atoms with van der Waals surface area (Å²) in [6.07, 6.45) is -2.31. The first-order valence-electron chi connectivity index (χ1n) is 10.4. The molecule has 2 aromatic rings. The Morgan fingerprint density at radius 3 is 2.56 bits per heavy atom. The number of thiophene rings is 1. The number of alkyl halides is 3. The van der Waals surface area contributed by atoms with E-state index < -0.39 is 29.2 Å². The molecule has 176 valence electrons. The number of nitrogens with zero attached hydrogens (tertiary/aromatic N) is 2. The number of carbonyl (C=O) groups is 1. The Morgan fingerprint density at radius 2 is 2.03 bits per heavy atom. The predicted octanol–water partition coefficient (Wildman–Crippen LogP) is 4.75. The summed E-state index contributed by atoms with van der Waals surface area (Å²) in [6.45, 7) is 6.29. The maximum Gasteiger partial charge on any atom is 0.409 e. The van der Waals surface area contributed by atoms with Crippen molar-refractivity contribution >= 4 is 17.4 Å². The lowest BCUT2D eigenvalue weighted by Gasteiger charge is -2.41. The van der Waals surface area contributed by atoms with Crippen molar-refractivity contribution < 1.29 is 22.4 Å². The quantitative estimate of drug-likeness (QED) is 0.572. The molecule has 1 aliphatic heterocycles. The smallest absolute Gasteiger partial charge is 0.352 e. The van der Waals surface area contributed by atoms with Gasteiger partial charge in [0.2, 0.25) is 0 Å². The van der Waals surface area contributed by atoms with Crippen molar-refractivity contribution in [3.63, 3.8) is 0 Å². The van der Waals surface area contributed by atoms with E-state index in [0.29, 0.717) is 11.4 Å². The zero-order valence-corrected chi connectivity index (χ0v) is 19.1. The van der Waals surface area contributed by atoms with E-state index in [0.717, 1.165) is 22.6 Å². The third kappa shape index (κ3) is 5.23. The van der Waals surface area contributed by atoms with Gasteiger partial charge < -0.3 is 11.1 Å². The summed E-state index contributed by atoms with van der Waals surface area (Å²) in [5.41, 5.74) is 5.01. The Hall–Kier alpha value is -2.20. The lowest BCUT2D eigenvalue weighted by Crippen LogP contribution is -2.59. The van der Waals surface area contributed by atoms with Crippen LogP contribution in [-0.2, 0) is 12.0 Å². The molecule has 0 saturated carbocycles. The average molecular weight is 473 g/mol. The van der Waals surface area contributed by atoms with Gasteiger partial charge in [0.05, 0.1) is 0 Å². The maximum atomic E-state index is 14.1. The number of amides is 2. The molecule has 5 nitrogen and oxygen atoms in total. The van der Waals surface area contributed by atoms with Crippen LogP contribution >= 0.6 is 11.3 Å². The van der Waals surface area contributed by atoms with Gasteiger partial charge in [-0.3, -0.25) is 9.88 Å². The number of primary amides is 1. The normalized spacial score (nSPS) is 21.0. The number of hydrogen-bond acceptors (Lipinski definition) is 4. The summed E-state index contributed by atoms with van der Waals surface area (Å²) in [6, 6.07) is 3.39. The molecule has 3 N–H and O–H groups in total. The molecule has 2 atom stereocenters. The molecule has 0 spiro atoms. The zero-order chi connectivity index (χ0) is 23.7. The van der Waals surface area contributed by atoms with E-state index >= 15 is 0 Å². The van der Waals surface area contributed by atoms with Crippen LogP contribution in [0.1, 0.15) is 42.8 Å². The van der Waals surface area contributed by atoms with E-state index in [-0.39, 0.29) is 30.9 Å². The van der Waals surface area contributed by atoms with Gasteiger partial charge >= 0.3 is 12.2 Å². The van der Waals surface area contributed by atoms with Gasteiger partial charge in [0, 0.05) is 34.3 Å². The van der Waals surface area contributed by atoms with Crippen molar-refractivity contribution in [1.82, 2.24) is 15.2 Å². The second-order valence-corrected chi connectivity index (χ2v) is 10.1. The summed E-state index contributed by atoms with van der Waals surface area (Å²) in [4.78, 5) is 18.5. The first-order valence-corrected chi connectivity index (χ1v) is 11.2. The van der Waals surface area contributed by atoms with Crippen LogP contribution in [0.15, 0.2) is 30.5 Å². The maximum absolute atomic E-state index is 14.1. The van der Waals surface area contributed by atoms with Crippen LogP contribution in [0.4, 0.5) is 22.4 Å². The Bertz CT molecular complexity index is 944. The highest BCUT2D eigenvalue weighted by Crippen LogP contribution is 2.47. The molecule has 0 bridgehead atoms. The number of rotatable bonds is 7. The Labute approximate surface area is 189 Å². The molecule has 1 saturated heterocycles. The fourth-order valence-corrected chi connectivity index (χ4v) is 5.28. The van der Waals surface area contributed by atoms with Gasteiger partial charge in [-0.05, 0) is 70.3 Å². The Kier molecular flexibility index (Phi) is 6.86. The van der Waals surface area contributed by atoms with Gasteiger partial charge in [-0.15, -0.1) is 11.3 Å². The van der Waals surface area contributed by atoms with Gasteiger partial charge in [-0.2, -0.15) is 17.6 Å². The highest BCUT2D eigenvalue weighted by Gasteiger charge is 2.57. The highest BCUT2D eigenvalue weighted by atomic mass is 32.1. The fourth-order valence-electron chi connectivity index (χ4n) is 4.55. The summed E-state index contributed by atoms with van der Waals surface area (Å²) in [5.74, 6) is 0. The van der Waals surface area contributed by atoms with Crippen molar-refractivity contribution in [2.24, 2.45) is 11.1 Å². The monoisotopic (exact) mass is 472 g/mol. The molecule has 1 fully saturated rings. The van der Waals surface area contributed by atoms with Crippen LogP contribution in [0.3, 0.4) is 0 Å².